The van der Waals surface area contributed by atoms with Crippen LogP contribution in [-0.2, 0) is 13.1 Å². The van der Waals surface area contributed by atoms with Gasteiger partial charge in [0.25, 0.3) is 0 Å². The zero-order valence-electron chi connectivity index (χ0n) is 16.3. The van der Waals surface area contributed by atoms with E-state index < -0.39 is 0 Å². The molecule has 3 N–H and O–H groups in total. The summed E-state index contributed by atoms with van der Waals surface area (Å²) in [6.07, 6.45) is 3.22. The Morgan fingerprint density at radius 1 is 1.07 bits per heavy atom. The normalized spacial score (nSPS) is 11.2. The molecule has 0 amide bonds. The molecule has 156 valence electrons. The fourth-order valence-corrected chi connectivity index (χ4v) is 2.65. The first-order valence-electron chi connectivity index (χ1n) is 9.29. The second-order valence-corrected chi connectivity index (χ2v) is 6.14. The molecule has 9 nitrogen and oxygen atoms in total. The van der Waals surface area contributed by atoms with Crippen molar-refractivity contribution in [1.29, 1.82) is 0 Å². The zero-order chi connectivity index (χ0) is 19.9. The highest BCUT2D eigenvalue weighted by Crippen LogP contribution is 2.18. The topological polar surface area (TPSA) is 117 Å². The van der Waals surface area contributed by atoms with Crippen molar-refractivity contribution < 1.29 is 8.83 Å². The number of rotatable bonds is 7. The lowest BCUT2D eigenvalue weighted by molar-refractivity contribution is 0.572. The van der Waals surface area contributed by atoms with Crippen LogP contribution >= 0.6 is 24.0 Å². The summed E-state index contributed by atoms with van der Waals surface area (Å²) in [5, 5.41) is 13.5. The van der Waals surface area contributed by atoms with Crippen molar-refractivity contribution in [2.75, 3.05) is 6.54 Å². The van der Waals surface area contributed by atoms with Crippen LogP contribution in [0, 0.1) is 0 Å². The molecule has 0 unspecified atom stereocenters. The molecule has 4 rings (SSSR count). The average Bonchev–Trinajstić information content (AvgIpc) is 3.52. The number of nitrogens with one attached hydrogen (secondary N) is 3. The van der Waals surface area contributed by atoms with E-state index in [1.807, 2.05) is 43.3 Å². The van der Waals surface area contributed by atoms with Crippen LogP contribution in [0.1, 0.15) is 18.4 Å². The van der Waals surface area contributed by atoms with E-state index in [4.69, 9.17) is 8.83 Å². The van der Waals surface area contributed by atoms with Crippen LogP contribution < -0.4 is 10.6 Å². The molecule has 0 spiro atoms. The molecule has 1 aromatic carbocycles. The first-order chi connectivity index (χ1) is 14.3. The SMILES string of the molecule is CCNC(=NCc1coc(-c2ccccc2)n1)NCc1nc(-c2ccco2)n[nH]1.I. The van der Waals surface area contributed by atoms with Crippen molar-refractivity contribution in [1.82, 2.24) is 30.8 Å². The quantitative estimate of drug-likeness (QED) is 0.194. The largest absolute Gasteiger partial charge is 0.461 e. The second kappa shape index (κ2) is 10.6. The number of hydrogen-bond acceptors (Lipinski definition) is 6. The monoisotopic (exact) mass is 519 g/mol. The summed E-state index contributed by atoms with van der Waals surface area (Å²) in [4.78, 5) is 13.5. The molecule has 10 heteroatoms. The number of furan rings is 1. The summed E-state index contributed by atoms with van der Waals surface area (Å²) in [6, 6.07) is 13.4. The molecule has 0 saturated heterocycles. The molecule has 0 aliphatic carbocycles. The maximum Gasteiger partial charge on any atom is 0.226 e. The summed E-state index contributed by atoms with van der Waals surface area (Å²) in [7, 11) is 0. The number of aromatic amines is 1. The zero-order valence-corrected chi connectivity index (χ0v) is 18.7. The van der Waals surface area contributed by atoms with Crippen LogP contribution in [-0.4, -0.2) is 32.7 Å². The van der Waals surface area contributed by atoms with Crippen molar-refractivity contribution in [3.05, 3.63) is 66.5 Å². The number of benzene rings is 1. The molecule has 0 saturated carbocycles. The van der Waals surface area contributed by atoms with Gasteiger partial charge in [0.2, 0.25) is 11.7 Å². The Balaban J connectivity index is 0.00000256. The number of halogens is 1. The molecule has 0 radical (unpaired) electrons. The van der Waals surface area contributed by atoms with Gasteiger partial charge in [-0.3, -0.25) is 5.10 Å². The van der Waals surface area contributed by atoms with E-state index in [0.717, 1.165) is 17.8 Å². The minimum atomic E-state index is 0. The number of oxazole rings is 1. The number of aromatic nitrogens is 4. The summed E-state index contributed by atoms with van der Waals surface area (Å²) >= 11 is 0. The highest BCUT2D eigenvalue weighted by molar-refractivity contribution is 14.0. The first-order valence-corrected chi connectivity index (χ1v) is 9.29. The van der Waals surface area contributed by atoms with E-state index in [-0.39, 0.29) is 24.0 Å². The van der Waals surface area contributed by atoms with Gasteiger partial charge < -0.3 is 19.5 Å². The highest BCUT2D eigenvalue weighted by Gasteiger charge is 2.09. The maximum atomic E-state index is 5.56. The standard InChI is InChI=1S/C20H21N7O2.HI/c1-2-21-20(23-12-17-25-18(27-26-17)16-9-6-10-28-16)22-11-15-13-29-19(24-15)14-7-4-3-5-8-14;/h3-10,13H,2,11-12H2,1H3,(H2,21,22,23)(H,25,26,27);1H. The van der Waals surface area contributed by atoms with Gasteiger partial charge in [0.1, 0.15) is 17.8 Å². The van der Waals surface area contributed by atoms with Gasteiger partial charge in [0.15, 0.2) is 11.7 Å². The van der Waals surface area contributed by atoms with Gasteiger partial charge in [-0.05, 0) is 31.2 Å². The molecule has 0 aliphatic rings. The number of hydrogen-bond donors (Lipinski definition) is 3. The molecular weight excluding hydrogens is 497 g/mol. The molecule has 0 bridgehead atoms. The lowest BCUT2D eigenvalue weighted by Gasteiger charge is -2.09. The van der Waals surface area contributed by atoms with Gasteiger partial charge in [-0.25, -0.2) is 15.0 Å². The lowest BCUT2D eigenvalue weighted by Crippen LogP contribution is -2.37. The van der Waals surface area contributed by atoms with Crippen LogP contribution in [0.25, 0.3) is 23.0 Å². The predicted octanol–water partition coefficient (Wildman–Crippen LogP) is 3.59. The van der Waals surface area contributed by atoms with Gasteiger partial charge in [-0.15, -0.1) is 29.1 Å². The molecule has 30 heavy (non-hydrogen) atoms. The average molecular weight is 519 g/mol. The smallest absolute Gasteiger partial charge is 0.226 e. The third kappa shape index (κ3) is 5.47. The molecule has 3 heterocycles. The maximum absolute atomic E-state index is 5.56. The number of nitrogens with zero attached hydrogens (tertiary/aromatic N) is 4. The molecule has 3 aromatic heterocycles. The Hall–Kier alpha value is -3.15. The Labute approximate surface area is 190 Å². The summed E-state index contributed by atoms with van der Waals surface area (Å²) in [6.45, 7) is 3.56. The summed E-state index contributed by atoms with van der Waals surface area (Å²) in [5.41, 5.74) is 1.69. The Kier molecular flexibility index (Phi) is 7.60. The first kappa shape index (κ1) is 21.6. The van der Waals surface area contributed by atoms with E-state index in [0.29, 0.717) is 42.3 Å². The van der Waals surface area contributed by atoms with Gasteiger partial charge in [-0.1, -0.05) is 18.2 Å². The summed E-state index contributed by atoms with van der Waals surface area (Å²) < 4.78 is 10.9. The molecule has 0 atom stereocenters. The lowest BCUT2D eigenvalue weighted by atomic mass is 10.2. The molecule has 4 aromatic rings. The van der Waals surface area contributed by atoms with Crippen LogP contribution in [0.4, 0.5) is 0 Å². The molecule has 0 aliphatic heterocycles. The second-order valence-electron chi connectivity index (χ2n) is 6.14. The van der Waals surface area contributed by atoms with Crippen molar-refractivity contribution >= 4 is 29.9 Å². The van der Waals surface area contributed by atoms with Crippen molar-refractivity contribution in [2.45, 2.75) is 20.0 Å². The third-order valence-corrected chi connectivity index (χ3v) is 4.01. The fourth-order valence-electron chi connectivity index (χ4n) is 2.65. The van der Waals surface area contributed by atoms with Crippen LogP contribution in [0.3, 0.4) is 0 Å². The van der Waals surface area contributed by atoms with Crippen LogP contribution in [0.15, 0.2) is 68.8 Å². The fraction of sp³-hybridized carbons (Fsp3) is 0.200. The van der Waals surface area contributed by atoms with E-state index >= 15 is 0 Å². The van der Waals surface area contributed by atoms with E-state index in [9.17, 15) is 0 Å². The number of H-pyrrole nitrogens is 1. The minimum absolute atomic E-state index is 0. The Bertz CT molecular complexity index is 1060. The van der Waals surface area contributed by atoms with E-state index in [2.05, 4.69) is 35.8 Å². The highest BCUT2D eigenvalue weighted by atomic mass is 127. The van der Waals surface area contributed by atoms with Crippen molar-refractivity contribution in [3.8, 4) is 23.0 Å². The molecular formula is C20H22IN7O2. The minimum Gasteiger partial charge on any atom is -0.461 e. The van der Waals surface area contributed by atoms with Gasteiger partial charge in [0, 0.05) is 12.1 Å². The van der Waals surface area contributed by atoms with Crippen molar-refractivity contribution in [2.24, 2.45) is 4.99 Å². The Morgan fingerprint density at radius 3 is 2.70 bits per heavy atom. The number of guanidine groups is 1. The van der Waals surface area contributed by atoms with Gasteiger partial charge in [-0.2, -0.15) is 0 Å². The third-order valence-electron chi connectivity index (χ3n) is 4.01. The number of aliphatic imine (C=N–C) groups is 1. The predicted molar refractivity (Wildman–Crippen MR) is 123 cm³/mol. The van der Waals surface area contributed by atoms with Gasteiger partial charge >= 0.3 is 0 Å². The van der Waals surface area contributed by atoms with E-state index in [1.165, 1.54) is 0 Å². The summed E-state index contributed by atoms with van der Waals surface area (Å²) in [5.74, 6) is 3.04. The van der Waals surface area contributed by atoms with Crippen LogP contribution in [0.2, 0.25) is 0 Å². The van der Waals surface area contributed by atoms with Gasteiger partial charge in [0.05, 0.1) is 19.4 Å². The van der Waals surface area contributed by atoms with E-state index in [1.54, 1.807) is 18.6 Å². The Morgan fingerprint density at radius 2 is 1.93 bits per heavy atom. The van der Waals surface area contributed by atoms with Crippen molar-refractivity contribution in [3.63, 3.8) is 0 Å². The van der Waals surface area contributed by atoms with Crippen LogP contribution in [0.5, 0.6) is 0 Å². The molecule has 0 fully saturated rings.